The molecule has 0 saturated carbocycles. The van der Waals surface area contributed by atoms with Crippen LogP contribution in [0.2, 0.25) is 0 Å². The van der Waals surface area contributed by atoms with Crippen LogP contribution in [0, 0.1) is 0 Å². The van der Waals surface area contributed by atoms with Gasteiger partial charge < -0.3 is 0 Å². The molecule has 0 nitrogen and oxygen atoms in total. The molecule has 0 N–H and O–H groups in total. The Bertz CT molecular complexity index is 51.1. The standard InChI is InChI=1S/C5H10.C3H6/c1-3-5-4-2;1-3-2/h3,5H,4H2,1-2H3;3H,1H2,2H3/b5-3-;. The molecule has 0 unspecified atom stereocenters. The van der Waals surface area contributed by atoms with Gasteiger partial charge >= 0.3 is 0 Å². The Hall–Kier alpha value is -0.520. The molecule has 0 rings (SSSR count). The lowest BCUT2D eigenvalue weighted by Crippen LogP contribution is -1.43. The van der Waals surface area contributed by atoms with Crippen LogP contribution in [0.3, 0.4) is 0 Å². The topological polar surface area (TPSA) is 0 Å². The lowest BCUT2D eigenvalue weighted by atomic mass is 10.4. The fourth-order valence-corrected chi connectivity index (χ4v) is 0.236. The summed E-state index contributed by atoms with van der Waals surface area (Å²) in [5, 5.41) is 0. The van der Waals surface area contributed by atoms with E-state index in [0.717, 1.165) is 6.42 Å². The maximum Gasteiger partial charge on any atom is -0.0379 e. The molecule has 0 atom stereocenters. The van der Waals surface area contributed by atoms with Crippen molar-refractivity contribution in [3.05, 3.63) is 24.8 Å². The predicted molar refractivity (Wildman–Crippen MR) is 41.0 cm³/mol. The first-order valence-electron chi connectivity index (χ1n) is 3.01. The SMILES string of the molecule is C/C=C\CC.C=CC. The fourth-order valence-electron chi connectivity index (χ4n) is 0.236. The van der Waals surface area contributed by atoms with Crippen LogP contribution in [-0.4, -0.2) is 0 Å². The van der Waals surface area contributed by atoms with Gasteiger partial charge in [-0.1, -0.05) is 25.2 Å². The Morgan fingerprint density at radius 3 is 1.75 bits per heavy atom. The van der Waals surface area contributed by atoms with E-state index in [2.05, 4.69) is 25.7 Å². The summed E-state index contributed by atoms with van der Waals surface area (Å²) in [7, 11) is 0. The molecule has 0 aliphatic heterocycles. The van der Waals surface area contributed by atoms with E-state index in [9.17, 15) is 0 Å². The van der Waals surface area contributed by atoms with Crippen LogP contribution < -0.4 is 0 Å². The first kappa shape index (κ1) is 10.5. The molecule has 0 heterocycles. The van der Waals surface area contributed by atoms with Gasteiger partial charge in [0, 0.05) is 0 Å². The van der Waals surface area contributed by atoms with Gasteiger partial charge in [0.25, 0.3) is 0 Å². The van der Waals surface area contributed by atoms with E-state index in [1.54, 1.807) is 6.08 Å². The largest absolute Gasteiger partial charge is 0.103 e. The highest BCUT2D eigenvalue weighted by atomic mass is 13.6. The first-order chi connectivity index (χ1) is 3.83. The van der Waals surface area contributed by atoms with E-state index in [0.29, 0.717) is 0 Å². The minimum atomic E-state index is 1.16. The predicted octanol–water partition coefficient (Wildman–Crippen LogP) is 3.16. The van der Waals surface area contributed by atoms with Crippen LogP contribution in [0.25, 0.3) is 0 Å². The second kappa shape index (κ2) is 16.1. The van der Waals surface area contributed by atoms with Crippen molar-refractivity contribution in [1.29, 1.82) is 0 Å². The second-order valence-electron chi connectivity index (χ2n) is 1.39. The van der Waals surface area contributed by atoms with Gasteiger partial charge in [-0.05, 0) is 20.3 Å². The van der Waals surface area contributed by atoms with E-state index in [1.165, 1.54) is 0 Å². The number of rotatable bonds is 1. The summed E-state index contributed by atoms with van der Waals surface area (Å²) in [4.78, 5) is 0. The van der Waals surface area contributed by atoms with Crippen LogP contribution in [0.15, 0.2) is 24.8 Å². The Kier molecular flexibility index (Phi) is 21.0. The van der Waals surface area contributed by atoms with Crippen molar-refractivity contribution in [2.45, 2.75) is 27.2 Å². The Labute approximate surface area is 52.9 Å². The lowest BCUT2D eigenvalue weighted by molar-refractivity contribution is 1.22. The highest BCUT2D eigenvalue weighted by molar-refractivity contribution is 4.73. The van der Waals surface area contributed by atoms with Gasteiger partial charge in [-0.25, -0.2) is 0 Å². The zero-order valence-corrected chi connectivity index (χ0v) is 6.15. The van der Waals surface area contributed by atoms with Crippen LogP contribution in [0.1, 0.15) is 27.2 Å². The Morgan fingerprint density at radius 2 is 1.75 bits per heavy atom. The minimum absolute atomic E-state index is 1.16. The van der Waals surface area contributed by atoms with E-state index in [4.69, 9.17) is 0 Å². The zero-order valence-electron chi connectivity index (χ0n) is 6.15. The molecule has 0 amide bonds. The van der Waals surface area contributed by atoms with Gasteiger partial charge in [0.2, 0.25) is 0 Å². The van der Waals surface area contributed by atoms with Crippen molar-refractivity contribution >= 4 is 0 Å². The summed E-state index contributed by atoms with van der Waals surface area (Å²) in [5.41, 5.74) is 0. The highest BCUT2D eigenvalue weighted by Crippen LogP contribution is 1.73. The van der Waals surface area contributed by atoms with E-state index >= 15 is 0 Å². The quantitative estimate of drug-likeness (QED) is 0.457. The van der Waals surface area contributed by atoms with Crippen molar-refractivity contribution in [3.63, 3.8) is 0 Å². The molecule has 0 radical (unpaired) electrons. The highest BCUT2D eigenvalue weighted by Gasteiger charge is 1.52. The molecule has 0 aromatic rings. The second-order valence-corrected chi connectivity index (χ2v) is 1.39. The van der Waals surface area contributed by atoms with Gasteiger partial charge in [0.05, 0.1) is 0 Å². The van der Waals surface area contributed by atoms with Crippen LogP contribution in [-0.2, 0) is 0 Å². The van der Waals surface area contributed by atoms with Crippen LogP contribution in [0.4, 0.5) is 0 Å². The summed E-state index contributed by atoms with van der Waals surface area (Å²) in [6, 6.07) is 0. The summed E-state index contributed by atoms with van der Waals surface area (Å²) in [5.74, 6) is 0. The molecule has 48 valence electrons. The average molecular weight is 112 g/mol. The molecule has 0 aromatic heterocycles. The number of hydrogen-bond acceptors (Lipinski definition) is 0. The minimum Gasteiger partial charge on any atom is -0.103 e. The van der Waals surface area contributed by atoms with Gasteiger partial charge in [-0.3, -0.25) is 0 Å². The monoisotopic (exact) mass is 112 g/mol. The first-order valence-corrected chi connectivity index (χ1v) is 3.01. The van der Waals surface area contributed by atoms with Crippen molar-refractivity contribution in [2.24, 2.45) is 0 Å². The summed E-state index contributed by atoms with van der Waals surface area (Å²) < 4.78 is 0. The van der Waals surface area contributed by atoms with Gasteiger partial charge in [-0.2, -0.15) is 0 Å². The third kappa shape index (κ3) is 50.2. The lowest BCUT2D eigenvalue weighted by Gasteiger charge is -1.65. The van der Waals surface area contributed by atoms with E-state index < -0.39 is 0 Å². The molecule has 0 aliphatic rings. The van der Waals surface area contributed by atoms with E-state index in [1.807, 2.05) is 13.8 Å². The van der Waals surface area contributed by atoms with E-state index in [-0.39, 0.29) is 0 Å². The average Bonchev–Trinajstić information content (AvgIpc) is 1.71. The van der Waals surface area contributed by atoms with Crippen LogP contribution >= 0.6 is 0 Å². The molecule has 0 fully saturated rings. The number of hydrogen-bond donors (Lipinski definition) is 0. The maximum absolute atomic E-state index is 3.36. The maximum atomic E-state index is 3.36. The molecule has 0 saturated heterocycles. The molecule has 0 spiro atoms. The van der Waals surface area contributed by atoms with Gasteiger partial charge in [-0.15, -0.1) is 6.58 Å². The Balaban J connectivity index is 0. The summed E-state index contributed by atoms with van der Waals surface area (Å²) >= 11 is 0. The summed E-state index contributed by atoms with van der Waals surface area (Å²) in [6.45, 7) is 9.41. The van der Waals surface area contributed by atoms with Crippen molar-refractivity contribution < 1.29 is 0 Å². The van der Waals surface area contributed by atoms with Crippen LogP contribution in [0.5, 0.6) is 0 Å². The third-order valence-electron chi connectivity index (χ3n) is 0.471. The Morgan fingerprint density at radius 1 is 1.38 bits per heavy atom. The smallest absolute Gasteiger partial charge is 0.0379 e. The molecule has 0 bridgehead atoms. The molecule has 0 aromatic carbocycles. The molecular weight excluding hydrogens is 96.1 g/mol. The molecule has 0 aliphatic carbocycles. The molecule has 0 heteroatoms. The fraction of sp³-hybridized carbons (Fsp3) is 0.500. The van der Waals surface area contributed by atoms with Crippen molar-refractivity contribution in [2.75, 3.05) is 0 Å². The zero-order chi connectivity index (χ0) is 6.83. The van der Waals surface area contributed by atoms with Gasteiger partial charge in [0.1, 0.15) is 0 Å². The summed E-state index contributed by atoms with van der Waals surface area (Å²) in [6.07, 6.45) is 7.09. The number of allylic oxidation sites excluding steroid dienone is 3. The van der Waals surface area contributed by atoms with Crippen molar-refractivity contribution in [3.8, 4) is 0 Å². The normalized spacial score (nSPS) is 7.88. The third-order valence-corrected chi connectivity index (χ3v) is 0.471. The molecule has 8 heavy (non-hydrogen) atoms. The molecular formula is C8H16. The van der Waals surface area contributed by atoms with Crippen molar-refractivity contribution in [1.82, 2.24) is 0 Å². The van der Waals surface area contributed by atoms with Gasteiger partial charge in [0.15, 0.2) is 0 Å².